The molecule has 1 aliphatic rings. The standard InChI is InChI=1S/C17H18O/c1-12-6-2-3-7-14(12)17(18)16-9-5-4-8-15(16)13-10-11-13/h2-9,13,17-18H,10-11H2,1H3. The summed E-state index contributed by atoms with van der Waals surface area (Å²) in [6.45, 7) is 2.05. The summed E-state index contributed by atoms with van der Waals surface area (Å²) in [5, 5.41) is 10.6. The second-order valence-electron chi connectivity index (χ2n) is 5.16. The van der Waals surface area contributed by atoms with E-state index in [1.54, 1.807) is 0 Å². The molecule has 18 heavy (non-hydrogen) atoms. The number of hydrogen-bond donors (Lipinski definition) is 1. The van der Waals surface area contributed by atoms with Gasteiger partial charge >= 0.3 is 0 Å². The zero-order chi connectivity index (χ0) is 12.5. The van der Waals surface area contributed by atoms with E-state index in [0.717, 1.165) is 16.7 Å². The van der Waals surface area contributed by atoms with Crippen molar-refractivity contribution in [3.05, 3.63) is 70.8 Å². The van der Waals surface area contributed by atoms with Gasteiger partial charge in [0.05, 0.1) is 0 Å². The van der Waals surface area contributed by atoms with Crippen molar-refractivity contribution in [3.63, 3.8) is 0 Å². The van der Waals surface area contributed by atoms with E-state index in [1.807, 2.05) is 24.3 Å². The molecule has 92 valence electrons. The summed E-state index contributed by atoms with van der Waals surface area (Å²) < 4.78 is 0. The molecule has 1 N–H and O–H groups in total. The highest BCUT2D eigenvalue weighted by atomic mass is 16.3. The van der Waals surface area contributed by atoms with Crippen LogP contribution in [0.1, 0.15) is 47.1 Å². The monoisotopic (exact) mass is 238 g/mol. The van der Waals surface area contributed by atoms with Gasteiger partial charge in [-0.3, -0.25) is 0 Å². The van der Waals surface area contributed by atoms with Crippen LogP contribution in [0.5, 0.6) is 0 Å². The number of aliphatic hydroxyl groups excluding tert-OH is 1. The van der Waals surface area contributed by atoms with E-state index in [4.69, 9.17) is 0 Å². The van der Waals surface area contributed by atoms with Gasteiger partial charge < -0.3 is 5.11 Å². The van der Waals surface area contributed by atoms with Crippen LogP contribution < -0.4 is 0 Å². The highest BCUT2D eigenvalue weighted by molar-refractivity contribution is 5.41. The second-order valence-corrected chi connectivity index (χ2v) is 5.16. The Morgan fingerprint density at radius 2 is 1.56 bits per heavy atom. The van der Waals surface area contributed by atoms with Gasteiger partial charge in [0.25, 0.3) is 0 Å². The highest BCUT2D eigenvalue weighted by Crippen LogP contribution is 2.43. The van der Waals surface area contributed by atoms with Gasteiger partial charge in [0.1, 0.15) is 6.10 Å². The van der Waals surface area contributed by atoms with Crippen LogP contribution >= 0.6 is 0 Å². The molecule has 1 saturated carbocycles. The van der Waals surface area contributed by atoms with Crippen LogP contribution in [0.2, 0.25) is 0 Å². The fourth-order valence-corrected chi connectivity index (χ4v) is 2.59. The van der Waals surface area contributed by atoms with Crippen LogP contribution in [-0.4, -0.2) is 5.11 Å². The lowest BCUT2D eigenvalue weighted by Crippen LogP contribution is -2.04. The number of hydrogen-bond acceptors (Lipinski definition) is 1. The molecule has 2 aromatic rings. The molecule has 1 heteroatoms. The average Bonchev–Trinajstić information content (AvgIpc) is 3.23. The Hall–Kier alpha value is -1.60. The van der Waals surface area contributed by atoms with Crippen molar-refractivity contribution in [1.82, 2.24) is 0 Å². The van der Waals surface area contributed by atoms with E-state index in [0.29, 0.717) is 5.92 Å². The molecule has 1 nitrogen and oxygen atoms in total. The smallest absolute Gasteiger partial charge is 0.105 e. The molecule has 0 amide bonds. The summed E-state index contributed by atoms with van der Waals surface area (Å²) in [7, 11) is 0. The number of aryl methyl sites for hydroxylation is 1. The van der Waals surface area contributed by atoms with E-state index in [9.17, 15) is 5.11 Å². The molecule has 0 heterocycles. The number of benzene rings is 2. The van der Waals surface area contributed by atoms with Crippen LogP contribution in [0.3, 0.4) is 0 Å². The largest absolute Gasteiger partial charge is 0.384 e. The summed E-state index contributed by atoms with van der Waals surface area (Å²) >= 11 is 0. The lowest BCUT2D eigenvalue weighted by molar-refractivity contribution is 0.218. The van der Waals surface area contributed by atoms with Gasteiger partial charge in [0.15, 0.2) is 0 Å². The van der Waals surface area contributed by atoms with Crippen molar-refractivity contribution in [3.8, 4) is 0 Å². The third-order valence-corrected chi connectivity index (χ3v) is 3.79. The third kappa shape index (κ3) is 2.06. The van der Waals surface area contributed by atoms with Crippen molar-refractivity contribution in [2.24, 2.45) is 0 Å². The topological polar surface area (TPSA) is 20.2 Å². The fraction of sp³-hybridized carbons (Fsp3) is 0.294. The molecule has 0 aromatic heterocycles. The first-order valence-corrected chi connectivity index (χ1v) is 6.60. The molecule has 0 spiro atoms. The van der Waals surface area contributed by atoms with E-state index in [2.05, 4.69) is 31.2 Å². The van der Waals surface area contributed by atoms with E-state index >= 15 is 0 Å². The van der Waals surface area contributed by atoms with Crippen LogP contribution in [-0.2, 0) is 0 Å². The molecule has 1 aliphatic carbocycles. The van der Waals surface area contributed by atoms with Gasteiger partial charge in [-0.15, -0.1) is 0 Å². The highest BCUT2D eigenvalue weighted by Gasteiger charge is 2.28. The first-order valence-electron chi connectivity index (χ1n) is 6.60. The normalized spacial score (nSPS) is 16.6. The minimum Gasteiger partial charge on any atom is -0.384 e. The SMILES string of the molecule is Cc1ccccc1C(O)c1ccccc1C1CC1. The molecular formula is C17H18O. The molecular weight excluding hydrogens is 220 g/mol. The molecule has 1 unspecified atom stereocenters. The number of rotatable bonds is 3. The van der Waals surface area contributed by atoms with Gasteiger partial charge in [-0.1, -0.05) is 48.5 Å². The minimum absolute atomic E-state index is 0.497. The van der Waals surface area contributed by atoms with Crippen molar-refractivity contribution in [1.29, 1.82) is 0 Å². The average molecular weight is 238 g/mol. The molecule has 0 bridgehead atoms. The summed E-state index contributed by atoms with van der Waals surface area (Å²) in [4.78, 5) is 0. The Balaban J connectivity index is 2.02. The molecule has 1 fully saturated rings. The Bertz CT molecular complexity index is 555. The van der Waals surface area contributed by atoms with Crippen LogP contribution in [0, 0.1) is 6.92 Å². The van der Waals surface area contributed by atoms with Crippen molar-refractivity contribution in [2.45, 2.75) is 31.8 Å². The quantitative estimate of drug-likeness (QED) is 0.858. The predicted molar refractivity (Wildman–Crippen MR) is 73.7 cm³/mol. The Labute approximate surface area is 108 Å². The van der Waals surface area contributed by atoms with Gasteiger partial charge in [0, 0.05) is 0 Å². The zero-order valence-corrected chi connectivity index (χ0v) is 10.6. The predicted octanol–water partition coefficient (Wildman–Crippen LogP) is 3.95. The van der Waals surface area contributed by atoms with Gasteiger partial charge in [-0.2, -0.15) is 0 Å². The van der Waals surface area contributed by atoms with Crippen LogP contribution in [0.4, 0.5) is 0 Å². The molecule has 3 rings (SSSR count). The Kier molecular flexibility index (Phi) is 2.92. The maximum atomic E-state index is 10.6. The van der Waals surface area contributed by atoms with Gasteiger partial charge in [-0.05, 0) is 47.9 Å². The Morgan fingerprint density at radius 1 is 0.944 bits per heavy atom. The summed E-state index contributed by atoms with van der Waals surface area (Å²) in [6.07, 6.45) is 2.03. The molecule has 0 saturated heterocycles. The molecule has 0 aliphatic heterocycles. The van der Waals surface area contributed by atoms with E-state index in [1.165, 1.54) is 18.4 Å². The first-order chi connectivity index (χ1) is 8.77. The fourth-order valence-electron chi connectivity index (χ4n) is 2.59. The maximum absolute atomic E-state index is 10.6. The van der Waals surface area contributed by atoms with E-state index in [-0.39, 0.29) is 0 Å². The van der Waals surface area contributed by atoms with Crippen LogP contribution in [0.15, 0.2) is 48.5 Å². The molecule has 1 atom stereocenters. The maximum Gasteiger partial charge on any atom is 0.105 e. The summed E-state index contributed by atoms with van der Waals surface area (Å²) in [5.74, 6) is 0.667. The van der Waals surface area contributed by atoms with Crippen molar-refractivity contribution >= 4 is 0 Å². The molecule has 0 radical (unpaired) electrons. The van der Waals surface area contributed by atoms with Gasteiger partial charge in [0.2, 0.25) is 0 Å². The van der Waals surface area contributed by atoms with Gasteiger partial charge in [-0.25, -0.2) is 0 Å². The third-order valence-electron chi connectivity index (χ3n) is 3.79. The summed E-state index contributed by atoms with van der Waals surface area (Å²) in [5.41, 5.74) is 4.57. The molecule has 2 aromatic carbocycles. The van der Waals surface area contributed by atoms with Crippen molar-refractivity contribution in [2.75, 3.05) is 0 Å². The Morgan fingerprint density at radius 3 is 2.22 bits per heavy atom. The number of aliphatic hydroxyl groups is 1. The first kappa shape index (κ1) is 11.5. The zero-order valence-electron chi connectivity index (χ0n) is 10.6. The summed E-state index contributed by atoms with van der Waals surface area (Å²) in [6, 6.07) is 16.4. The minimum atomic E-state index is -0.497. The second kappa shape index (κ2) is 4.58. The lowest BCUT2D eigenvalue weighted by atomic mass is 9.92. The van der Waals surface area contributed by atoms with Crippen molar-refractivity contribution < 1.29 is 5.11 Å². The van der Waals surface area contributed by atoms with Crippen LogP contribution in [0.25, 0.3) is 0 Å². The lowest BCUT2D eigenvalue weighted by Gasteiger charge is -2.17. The van der Waals surface area contributed by atoms with E-state index < -0.39 is 6.10 Å².